The Morgan fingerprint density at radius 3 is 2.30 bits per heavy atom. The van der Waals surface area contributed by atoms with E-state index in [4.69, 9.17) is 0 Å². The summed E-state index contributed by atoms with van der Waals surface area (Å²) in [4.78, 5) is 14.7. The van der Waals surface area contributed by atoms with Gasteiger partial charge in [-0.05, 0) is 7.05 Å². The first kappa shape index (κ1) is 9.72. The summed E-state index contributed by atoms with van der Waals surface area (Å²) in [5, 5.41) is 0. The highest BCUT2D eigenvalue weighted by atomic mass is 35.5. The molecule has 1 aliphatic heterocycles. The molecule has 1 rings (SSSR count). The molecule has 0 aromatic carbocycles. The van der Waals surface area contributed by atoms with Crippen molar-refractivity contribution in [3.63, 3.8) is 0 Å². The van der Waals surface area contributed by atoms with Gasteiger partial charge in [-0.25, -0.2) is 0 Å². The molecule has 0 unspecified atom stereocenters. The van der Waals surface area contributed by atoms with Crippen LogP contribution in [-0.2, 0) is 4.79 Å². The Labute approximate surface area is 67.4 Å². The van der Waals surface area contributed by atoms with Gasteiger partial charge >= 0.3 is 0 Å². The number of carbonyl (C=O) groups excluding carboxylic acids is 1. The number of carbonyl (C=O) groups is 1. The van der Waals surface area contributed by atoms with Crippen molar-refractivity contribution in [3.8, 4) is 0 Å². The van der Waals surface area contributed by atoms with Crippen LogP contribution in [0.3, 0.4) is 0 Å². The Bertz CT molecular complexity index is 129. The van der Waals surface area contributed by atoms with E-state index in [-0.39, 0.29) is 18.3 Å². The second-order valence-corrected chi connectivity index (χ2v) is 2.55. The van der Waals surface area contributed by atoms with E-state index in [0.717, 1.165) is 13.1 Å². The molecular weight excluding hydrogens is 152 g/mol. The highest BCUT2D eigenvalue weighted by Crippen LogP contribution is 1.95. The highest BCUT2D eigenvalue weighted by molar-refractivity contribution is 5.85. The SMILES string of the molecule is CN1CCN(C)C(=O)C1.Cl. The summed E-state index contributed by atoms with van der Waals surface area (Å²) in [5.74, 6) is 0.226. The number of halogens is 1. The molecule has 0 atom stereocenters. The number of likely N-dealkylation sites (N-methyl/N-ethyl adjacent to an activating group) is 2. The minimum atomic E-state index is 0. The van der Waals surface area contributed by atoms with Crippen LogP contribution in [0.15, 0.2) is 0 Å². The predicted octanol–water partition coefficient (Wildman–Crippen LogP) is -0.188. The number of hydrogen-bond donors (Lipinski definition) is 0. The Hall–Kier alpha value is -0.280. The van der Waals surface area contributed by atoms with Crippen LogP contribution < -0.4 is 0 Å². The van der Waals surface area contributed by atoms with Gasteiger partial charge in [0, 0.05) is 20.1 Å². The van der Waals surface area contributed by atoms with Gasteiger partial charge in [0.25, 0.3) is 0 Å². The van der Waals surface area contributed by atoms with Crippen LogP contribution >= 0.6 is 12.4 Å². The number of hydrogen-bond acceptors (Lipinski definition) is 2. The second-order valence-electron chi connectivity index (χ2n) is 2.55. The normalized spacial score (nSPS) is 20.6. The van der Waals surface area contributed by atoms with Crippen molar-refractivity contribution in [2.24, 2.45) is 0 Å². The topological polar surface area (TPSA) is 23.6 Å². The summed E-state index contributed by atoms with van der Waals surface area (Å²) >= 11 is 0. The van der Waals surface area contributed by atoms with Gasteiger partial charge in [-0.15, -0.1) is 12.4 Å². The largest absolute Gasteiger partial charge is 0.343 e. The summed E-state index contributed by atoms with van der Waals surface area (Å²) in [5.41, 5.74) is 0. The van der Waals surface area contributed by atoms with Gasteiger partial charge in [-0.1, -0.05) is 0 Å². The van der Waals surface area contributed by atoms with Gasteiger partial charge in [-0.2, -0.15) is 0 Å². The minimum absolute atomic E-state index is 0. The molecule has 0 bridgehead atoms. The smallest absolute Gasteiger partial charge is 0.236 e. The third kappa shape index (κ3) is 2.15. The molecule has 0 radical (unpaired) electrons. The standard InChI is InChI=1S/C6H12N2O.ClH/c1-7-3-4-8(2)6(9)5-7;/h3-5H2,1-2H3;1H. The third-order valence-corrected chi connectivity index (χ3v) is 1.65. The van der Waals surface area contributed by atoms with Crippen LogP contribution in [-0.4, -0.2) is 49.4 Å². The zero-order chi connectivity index (χ0) is 6.85. The molecule has 0 aromatic rings. The minimum Gasteiger partial charge on any atom is -0.343 e. The van der Waals surface area contributed by atoms with E-state index in [0.29, 0.717) is 6.54 Å². The maximum Gasteiger partial charge on any atom is 0.236 e. The second kappa shape index (κ2) is 3.78. The molecular formula is C6H13ClN2O. The van der Waals surface area contributed by atoms with E-state index < -0.39 is 0 Å². The van der Waals surface area contributed by atoms with Crippen molar-refractivity contribution < 1.29 is 4.79 Å². The van der Waals surface area contributed by atoms with Gasteiger partial charge in [0.1, 0.15) is 0 Å². The fourth-order valence-corrected chi connectivity index (χ4v) is 0.876. The number of rotatable bonds is 0. The average Bonchev–Trinajstić information content (AvgIpc) is 1.80. The fraction of sp³-hybridized carbons (Fsp3) is 0.833. The van der Waals surface area contributed by atoms with E-state index in [2.05, 4.69) is 0 Å². The summed E-state index contributed by atoms with van der Waals surface area (Å²) in [6, 6.07) is 0. The zero-order valence-electron chi connectivity index (χ0n) is 6.33. The van der Waals surface area contributed by atoms with Crippen LogP contribution in [0, 0.1) is 0 Å². The van der Waals surface area contributed by atoms with Crippen molar-refractivity contribution in [1.82, 2.24) is 9.80 Å². The van der Waals surface area contributed by atoms with Crippen LogP contribution in [0.2, 0.25) is 0 Å². The lowest BCUT2D eigenvalue weighted by molar-refractivity contribution is -0.133. The molecule has 0 aromatic heterocycles. The van der Waals surface area contributed by atoms with E-state index in [9.17, 15) is 4.79 Å². The third-order valence-electron chi connectivity index (χ3n) is 1.65. The summed E-state index contributed by atoms with van der Waals surface area (Å²) in [6.07, 6.45) is 0. The lowest BCUT2D eigenvalue weighted by Gasteiger charge is -2.28. The predicted molar refractivity (Wildman–Crippen MR) is 42.4 cm³/mol. The summed E-state index contributed by atoms with van der Waals surface area (Å²) in [6.45, 7) is 2.45. The Kier molecular flexibility index (Phi) is 3.68. The molecule has 1 amide bonds. The average molecular weight is 165 g/mol. The van der Waals surface area contributed by atoms with Crippen LogP contribution in [0.4, 0.5) is 0 Å². The molecule has 60 valence electrons. The first-order valence-electron chi connectivity index (χ1n) is 3.12. The van der Waals surface area contributed by atoms with Crippen molar-refractivity contribution in [2.45, 2.75) is 0 Å². The van der Waals surface area contributed by atoms with Crippen LogP contribution in [0.1, 0.15) is 0 Å². The summed E-state index contributed by atoms with van der Waals surface area (Å²) in [7, 11) is 3.81. The molecule has 1 heterocycles. The molecule has 1 fully saturated rings. The molecule has 0 saturated carbocycles. The first-order chi connectivity index (χ1) is 4.20. The first-order valence-corrected chi connectivity index (χ1v) is 3.12. The van der Waals surface area contributed by atoms with Gasteiger partial charge in [0.15, 0.2) is 0 Å². The summed E-state index contributed by atoms with van der Waals surface area (Å²) < 4.78 is 0. The van der Waals surface area contributed by atoms with E-state index in [1.54, 1.807) is 4.90 Å². The lowest BCUT2D eigenvalue weighted by atomic mass is 10.3. The van der Waals surface area contributed by atoms with Crippen molar-refractivity contribution in [3.05, 3.63) is 0 Å². The van der Waals surface area contributed by atoms with Crippen molar-refractivity contribution in [1.29, 1.82) is 0 Å². The molecule has 0 spiro atoms. The molecule has 0 N–H and O–H groups in total. The number of piperazine rings is 1. The number of amides is 1. The maximum atomic E-state index is 10.9. The van der Waals surface area contributed by atoms with Crippen LogP contribution in [0.5, 0.6) is 0 Å². The van der Waals surface area contributed by atoms with E-state index >= 15 is 0 Å². The Morgan fingerprint density at radius 1 is 1.30 bits per heavy atom. The molecule has 3 nitrogen and oxygen atoms in total. The zero-order valence-corrected chi connectivity index (χ0v) is 7.15. The van der Waals surface area contributed by atoms with Gasteiger partial charge in [-0.3, -0.25) is 9.69 Å². The maximum absolute atomic E-state index is 10.9. The van der Waals surface area contributed by atoms with E-state index in [1.807, 2.05) is 19.0 Å². The Balaban J connectivity index is 0.000000810. The molecule has 1 saturated heterocycles. The van der Waals surface area contributed by atoms with Gasteiger partial charge in [0.2, 0.25) is 5.91 Å². The molecule has 4 heteroatoms. The fourth-order valence-electron chi connectivity index (χ4n) is 0.876. The Morgan fingerprint density at radius 2 is 1.90 bits per heavy atom. The monoisotopic (exact) mass is 164 g/mol. The van der Waals surface area contributed by atoms with Gasteiger partial charge < -0.3 is 4.90 Å². The van der Waals surface area contributed by atoms with Crippen LogP contribution in [0.25, 0.3) is 0 Å². The molecule has 10 heavy (non-hydrogen) atoms. The van der Waals surface area contributed by atoms with E-state index in [1.165, 1.54) is 0 Å². The molecule has 1 aliphatic rings. The lowest BCUT2D eigenvalue weighted by Crippen LogP contribution is -2.46. The van der Waals surface area contributed by atoms with Crippen molar-refractivity contribution >= 4 is 18.3 Å². The van der Waals surface area contributed by atoms with Gasteiger partial charge in [0.05, 0.1) is 6.54 Å². The highest BCUT2D eigenvalue weighted by Gasteiger charge is 2.16. The quantitative estimate of drug-likeness (QED) is 0.496. The van der Waals surface area contributed by atoms with Crippen molar-refractivity contribution in [2.75, 3.05) is 33.7 Å². The molecule has 0 aliphatic carbocycles. The number of nitrogens with zero attached hydrogens (tertiary/aromatic N) is 2.